The SMILES string of the molecule is C#CC(Br)CCCC. The van der Waals surface area contributed by atoms with Crippen molar-refractivity contribution in [2.45, 2.75) is 31.0 Å². The van der Waals surface area contributed by atoms with Crippen molar-refractivity contribution in [2.24, 2.45) is 0 Å². The zero-order chi connectivity index (χ0) is 6.41. The van der Waals surface area contributed by atoms with E-state index in [0.29, 0.717) is 4.83 Å². The van der Waals surface area contributed by atoms with Crippen LogP contribution in [-0.4, -0.2) is 4.83 Å². The van der Waals surface area contributed by atoms with Crippen molar-refractivity contribution in [1.82, 2.24) is 0 Å². The Labute approximate surface area is 59.8 Å². The quantitative estimate of drug-likeness (QED) is 0.456. The highest BCUT2D eigenvalue weighted by Crippen LogP contribution is 2.07. The number of rotatable bonds is 3. The molecule has 46 valence electrons. The lowest BCUT2D eigenvalue weighted by Gasteiger charge is -1.96. The summed E-state index contributed by atoms with van der Waals surface area (Å²) in [6, 6.07) is 0. The van der Waals surface area contributed by atoms with Gasteiger partial charge in [0.1, 0.15) is 0 Å². The van der Waals surface area contributed by atoms with Crippen LogP contribution in [0.4, 0.5) is 0 Å². The summed E-state index contributed by atoms with van der Waals surface area (Å²) in [5, 5.41) is 0. The summed E-state index contributed by atoms with van der Waals surface area (Å²) in [6.07, 6.45) is 8.67. The minimum Gasteiger partial charge on any atom is -0.119 e. The average Bonchev–Trinajstić information content (AvgIpc) is 1.83. The number of alkyl halides is 1. The first-order valence-corrected chi connectivity index (χ1v) is 3.83. The number of hydrogen-bond donors (Lipinski definition) is 0. The van der Waals surface area contributed by atoms with Gasteiger partial charge in [-0.05, 0) is 6.42 Å². The molecule has 0 aromatic carbocycles. The van der Waals surface area contributed by atoms with Crippen molar-refractivity contribution in [2.75, 3.05) is 0 Å². The highest BCUT2D eigenvalue weighted by molar-refractivity contribution is 9.09. The Kier molecular flexibility index (Phi) is 5.21. The minimum absolute atomic E-state index is 0.294. The predicted molar refractivity (Wildman–Crippen MR) is 41.1 cm³/mol. The average molecular weight is 175 g/mol. The van der Waals surface area contributed by atoms with Crippen LogP contribution < -0.4 is 0 Å². The Morgan fingerprint density at radius 1 is 1.75 bits per heavy atom. The van der Waals surface area contributed by atoms with Crippen LogP contribution in [0, 0.1) is 12.3 Å². The summed E-state index contributed by atoms with van der Waals surface area (Å²) < 4.78 is 0. The third-order valence-electron chi connectivity index (χ3n) is 0.992. The van der Waals surface area contributed by atoms with Crippen LogP contribution in [-0.2, 0) is 0 Å². The topological polar surface area (TPSA) is 0 Å². The molecule has 0 nitrogen and oxygen atoms in total. The molecule has 0 N–H and O–H groups in total. The molecule has 0 amide bonds. The first-order valence-electron chi connectivity index (χ1n) is 2.91. The highest BCUT2D eigenvalue weighted by atomic mass is 79.9. The maximum Gasteiger partial charge on any atom is 0.0752 e. The van der Waals surface area contributed by atoms with E-state index in [9.17, 15) is 0 Å². The van der Waals surface area contributed by atoms with Crippen molar-refractivity contribution in [3.63, 3.8) is 0 Å². The summed E-state index contributed by atoms with van der Waals surface area (Å²) in [5.41, 5.74) is 0. The summed E-state index contributed by atoms with van der Waals surface area (Å²) in [7, 11) is 0. The zero-order valence-corrected chi connectivity index (χ0v) is 6.74. The molecule has 0 aromatic heterocycles. The van der Waals surface area contributed by atoms with Gasteiger partial charge in [-0.3, -0.25) is 0 Å². The molecule has 0 bridgehead atoms. The lowest BCUT2D eigenvalue weighted by atomic mass is 10.2. The van der Waals surface area contributed by atoms with E-state index >= 15 is 0 Å². The van der Waals surface area contributed by atoms with Crippen LogP contribution in [0.1, 0.15) is 26.2 Å². The van der Waals surface area contributed by atoms with E-state index < -0.39 is 0 Å². The summed E-state index contributed by atoms with van der Waals surface area (Å²) in [5.74, 6) is 2.62. The first-order chi connectivity index (χ1) is 3.81. The van der Waals surface area contributed by atoms with Gasteiger partial charge in [-0.1, -0.05) is 41.6 Å². The summed E-state index contributed by atoms with van der Waals surface area (Å²) in [6.45, 7) is 2.16. The van der Waals surface area contributed by atoms with Gasteiger partial charge in [0.15, 0.2) is 0 Å². The summed E-state index contributed by atoms with van der Waals surface area (Å²) in [4.78, 5) is 0.294. The van der Waals surface area contributed by atoms with Crippen molar-refractivity contribution in [3.8, 4) is 12.3 Å². The monoisotopic (exact) mass is 174 g/mol. The fourth-order valence-electron chi connectivity index (χ4n) is 0.467. The van der Waals surface area contributed by atoms with Crippen molar-refractivity contribution in [3.05, 3.63) is 0 Å². The van der Waals surface area contributed by atoms with E-state index in [4.69, 9.17) is 6.42 Å². The highest BCUT2D eigenvalue weighted by Gasteiger charge is 1.94. The lowest BCUT2D eigenvalue weighted by molar-refractivity contribution is 0.750. The van der Waals surface area contributed by atoms with Gasteiger partial charge in [-0.25, -0.2) is 0 Å². The van der Waals surface area contributed by atoms with E-state index in [1.54, 1.807) is 0 Å². The molecular formula is C7H11Br. The normalized spacial score (nSPS) is 12.6. The van der Waals surface area contributed by atoms with E-state index in [1.807, 2.05) is 0 Å². The fraction of sp³-hybridized carbons (Fsp3) is 0.714. The van der Waals surface area contributed by atoms with Crippen molar-refractivity contribution >= 4 is 15.9 Å². The van der Waals surface area contributed by atoms with Gasteiger partial charge in [-0.15, -0.1) is 6.42 Å². The molecular weight excluding hydrogens is 164 g/mol. The smallest absolute Gasteiger partial charge is 0.0752 e. The van der Waals surface area contributed by atoms with Gasteiger partial charge in [0.2, 0.25) is 0 Å². The molecule has 0 aliphatic rings. The fourth-order valence-corrected chi connectivity index (χ4v) is 0.790. The second kappa shape index (κ2) is 5.18. The van der Waals surface area contributed by atoms with E-state index in [-0.39, 0.29) is 0 Å². The molecule has 0 aliphatic heterocycles. The Bertz CT molecular complexity index is 80.9. The van der Waals surface area contributed by atoms with E-state index in [2.05, 4.69) is 28.8 Å². The van der Waals surface area contributed by atoms with Crippen molar-refractivity contribution in [1.29, 1.82) is 0 Å². The Morgan fingerprint density at radius 2 is 2.38 bits per heavy atom. The van der Waals surface area contributed by atoms with Gasteiger partial charge < -0.3 is 0 Å². The van der Waals surface area contributed by atoms with Crippen LogP contribution in [0.25, 0.3) is 0 Å². The maximum absolute atomic E-state index is 5.12. The van der Waals surface area contributed by atoms with Gasteiger partial charge in [-0.2, -0.15) is 0 Å². The molecule has 8 heavy (non-hydrogen) atoms. The Balaban J connectivity index is 3.02. The third kappa shape index (κ3) is 4.21. The number of terminal acetylenes is 1. The lowest BCUT2D eigenvalue weighted by Crippen LogP contribution is -1.90. The molecule has 1 unspecified atom stereocenters. The van der Waals surface area contributed by atoms with E-state index in [1.165, 1.54) is 12.8 Å². The van der Waals surface area contributed by atoms with Crippen molar-refractivity contribution < 1.29 is 0 Å². The Morgan fingerprint density at radius 3 is 2.75 bits per heavy atom. The van der Waals surface area contributed by atoms with Crippen LogP contribution in [0.2, 0.25) is 0 Å². The molecule has 0 spiro atoms. The van der Waals surface area contributed by atoms with Crippen LogP contribution in [0.3, 0.4) is 0 Å². The zero-order valence-electron chi connectivity index (χ0n) is 5.15. The molecule has 0 rings (SSSR count). The van der Waals surface area contributed by atoms with Crippen LogP contribution in [0.5, 0.6) is 0 Å². The molecule has 0 saturated heterocycles. The second-order valence-electron chi connectivity index (χ2n) is 1.78. The predicted octanol–water partition coefficient (Wildman–Crippen LogP) is 2.57. The van der Waals surface area contributed by atoms with E-state index in [0.717, 1.165) is 6.42 Å². The first kappa shape index (κ1) is 8.04. The number of unbranched alkanes of at least 4 members (excludes halogenated alkanes) is 1. The maximum atomic E-state index is 5.12. The minimum atomic E-state index is 0.294. The molecule has 0 fully saturated rings. The molecule has 0 saturated carbocycles. The molecule has 0 radical (unpaired) electrons. The number of hydrogen-bond acceptors (Lipinski definition) is 0. The molecule has 0 aliphatic carbocycles. The molecule has 1 heteroatoms. The van der Waals surface area contributed by atoms with Gasteiger partial charge >= 0.3 is 0 Å². The van der Waals surface area contributed by atoms with Crippen LogP contribution in [0.15, 0.2) is 0 Å². The second-order valence-corrected chi connectivity index (χ2v) is 2.88. The third-order valence-corrected chi connectivity index (χ3v) is 1.71. The molecule has 0 heterocycles. The van der Waals surface area contributed by atoms with Gasteiger partial charge in [0.25, 0.3) is 0 Å². The van der Waals surface area contributed by atoms with Crippen LogP contribution >= 0.6 is 15.9 Å². The number of halogens is 1. The summed E-state index contributed by atoms with van der Waals surface area (Å²) >= 11 is 3.34. The Hall–Kier alpha value is 0.0400. The van der Waals surface area contributed by atoms with Gasteiger partial charge in [0.05, 0.1) is 4.83 Å². The molecule has 0 aromatic rings. The largest absolute Gasteiger partial charge is 0.119 e. The standard InChI is InChI=1S/C7H11Br/c1-3-5-6-7(8)4-2/h2,7H,3,5-6H2,1H3. The van der Waals surface area contributed by atoms with Gasteiger partial charge in [0, 0.05) is 0 Å². The molecule has 1 atom stereocenters.